The predicted octanol–water partition coefficient (Wildman–Crippen LogP) is 8.58. The molecule has 8 rings (SSSR count). The van der Waals surface area contributed by atoms with Crippen LogP contribution in [0.2, 0.25) is 0 Å². The van der Waals surface area contributed by atoms with Crippen LogP contribution in [0.5, 0.6) is 5.75 Å². The number of allylic oxidation sites excluding steroid dienone is 1. The third-order valence-electron chi connectivity index (χ3n) is 8.56. The van der Waals surface area contributed by atoms with Crippen LogP contribution in [-0.4, -0.2) is 4.57 Å². The SMILES string of the molecule is O=c1c(=Cc2cc(Br)c(OCc3cccc4ccccc34)c(Br)c2)sc2n1C(c1ccccc1)C1=C(N=2)c2ccccc2CC1. The summed E-state index contributed by atoms with van der Waals surface area (Å²) in [7, 11) is 0. The summed E-state index contributed by atoms with van der Waals surface area (Å²) in [5, 5.41) is 2.37. The molecule has 220 valence electrons. The Kier molecular flexibility index (Phi) is 7.40. The van der Waals surface area contributed by atoms with Crippen molar-refractivity contribution in [2.75, 3.05) is 0 Å². The number of halogens is 2. The van der Waals surface area contributed by atoms with Crippen molar-refractivity contribution >= 4 is 65.7 Å². The number of benzene rings is 5. The van der Waals surface area contributed by atoms with Crippen LogP contribution in [0.1, 0.15) is 40.3 Å². The summed E-state index contributed by atoms with van der Waals surface area (Å²) in [6, 6.07) is 37.2. The van der Waals surface area contributed by atoms with Crippen LogP contribution in [-0.2, 0) is 13.0 Å². The Morgan fingerprint density at radius 3 is 2.44 bits per heavy atom. The van der Waals surface area contributed by atoms with E-state index in [4.69, 9.17) is 9.73 Å². The average Bonchev–Trinajstić information content (AvgIpc) is 3.37. The molecule has 4 nitrogen and oxygen atoms in total. The highest BCUT2D eigenvalue weighted by Gasteiger charge is 2.32. The van der Waals surface area contributed by atoms with Crippen LogP contribution in [0.25, 0.3) is 22.5 Å². The van der Waals surface area contributed by atoms with Gasteiger partial charge in [-0.1, -0.05) is 108 Å². The highest BCUT2D eigenvalue weighted by molar-refractivity contribution is 9.11. The van der Waals surface area contributed by atoms with Gasteiger partial charge in [0.05, 0.1) is 25.2 Å². The fraction of sp³-hybridized carbons (Fsp3) is 0.105. The first-order valence-electron chi connectivity index (χ1n) is 14.8. The summed E-state index contributed by atoms with van der Waals surface area (Å²) in [6.45, 7) is 0.434. The van der Waals surface area contributed by atoms with Crippen molar-refractivity contribution < 1.29 is 4.74 Å². The summed E-state index contributed by atoms with van der Waals surface area (Å²) in [5.74, 6) is 0.719. The van der Waals surface area contributed by atoms with Gasteiger partial charge in [0.15, 0.2) is 4.80 Å². The molecule has 1 aliphatic carbocycles. The third kappa shape index (κ3) is 5.13. The van der Waals surface area contributed by atoms with Gasteiger partial charge < -0.3 is 4.74 Å². The Bertz CT molecular complexity index is 2310. The van der Waals surface area contributed by atoms with Gasteiger partial charge in [0.2, 0.25) is 0 Å². The quantitative estimate of drug-likeness (QED) is 0.178. The van der Waals surface area contributed by atoms with Crippen molar-refractivity contribution in [3.05, 3.63) is 171 Å². The first-order valence-corrected chi connectivity index (χ1v) is 17.2. The largest absolute Gasteiger partial charge is 0.487 e. The molecule has 0 bridgehead atoms. The number of hydrogen-bond donors (Lipinski definition) is 0. The molecule has 0 amide bonds. The smallest absolute Gasteiger partial charge is 0.271 e. The number of hydrogen-bond acceptors (Lipinski definition) is 4. The molecular formula is C38H26Br2N2O2S. The van der Waals surface area contributed by atoms with E-state index < -0.39 is 0 Å². The second-order valence-corrected chi connectivity index (χ2v) is 14.0. The van der Waals surface area contributed by atoms with Crippen LogP contribution in [0.3, 0.4) is 0 Å². The summed E-state index contributed by atoms with van der Waals surface area (Å²) in [6.07, 6.45) is 3.77. The minimum Gasteiger partial charge on any atom is -0.487 e. The number of ether oxygens (including phenoxy) is 1. The normalized spacial score (nSPS) is 15.8. The van der Waals surface area contributed by atoms with Crippen molar-refractivity contribution in [3.8, 4) is 5.75 Å². The van der Waals surface area contributed by atoms with Crippen LogP contribution in [0, 0.1) is 0 Å². The van der Waals surface area contributed by atoms with Gasteiger partial charge >= 0.3 is 0 Å². The predicted molar refractivity (Wildman–Crippen MR) is 189 cm³/mol. The molecule has 0 fully saturated rings. The first kappa shape index (κ1) is 28.4. The minimum atomic E-state index is -0.184. The van der Waals surface area contributed by atoms with Gasteiger partial charge in [-0.2, -0.15) is 0 Å². The van der Waals surface area contributed by atoms with E-state index in [1.807, 2.05) is 53.1 Å². The highest BCUT2D eigenvalue weighted by Crippen LogP contribution is 2.41. The van der Waals surface area contributed by atoms with Crippen LogP contribution >= 0.6 is 43.2 Å². The van der Waals surface area contributed by atoms with Gasteiger partial charge in [0.25, 0.3) is 5.56 Å². The van der Waals surface area contributed by atoms with Gasteiger partial charge in [-0.15, -0.1) is 0 Å². The Morgan fingerprint density at radius 1 is 0.867 bits per heavy atom. The molecule has 0 saturated carbocycles. The Morgan fingerprint density at radius 2 is 1.60 bits per heavy atom. The molecule has 0 N–H and O–H groups in total. The van der Waals surface area contributed by atoms with Gasteiger partial charge in [-0.25, -0.2) is 4.99 Å². The van der Waals surface area contributed by atoms with E-state index in [-0.39, 0.29) is 11.6 Å². The van der Waals surface area contributed by atoms with Crippen LogP contribution in [0.15, 0.2) is 134 Å². The molecule has 5 aromatic carbocycles. The maximum absolute atomic E-state index is 14.1. The minimum absolute atomic E-state index is 0.0264. The molecule has 2 aliphatic rings. The van der Waals surface area contributed by atoms with E-state index in [0.29, 0.717) is 11.1 Å². The monoisotopic (exact) mass is 732 g/mol. The molecule has 7 heteroatoms. The lowest BCUT2D eigenvalue weighted by molar-refractivity contribution is 0.303. The van der Waals surface area contributed by atoms with Crippen molar-refractivity contribution in [2.45, 2.75) is 25.5 Å². The lowest BCUT2D eigenvalue weighted by Crippen LogP contribution is -2.38. The fourth-order valence-corrected chi connectivity index (χ4v) is 8.93. The number of aromatic nitrogens is 1. The first-order chi connectivity index (χ1) is 22.0. The van der Waals surface area contributed by atoms with Crippen molar-refractivity contribution in [3.63, 3.8) is 0 Å². The molecular weight excluding hydrogens is 708 g/mol. The zero-order chi connectivity index (χ0) is 30.5. The average molecular weight is 735 g/mol. The lowest BCUT2D eigenvalue weighted by atomic mass is 9.83. The number of fused-ring (bicyclic) bond motifs is 4. The second kappa shape index (κ2) is 11.7. The maximum atomic E-state index is 14.1. The van der Waals surface area contributed by atoms with E-state index >= 15 is 0 Å². The van der Waals surface area contributed by atoms with Gasteiger partial charge in [0.1, 0.15) is 12.4 Å². The molecule has 6 aromatic rings. The van der Waals surface area contributed by atoms with Gasteiger partial charge in [-0.05, 0) is 102 Å². The van der Waals surface area contributed by atoms with Crippen LogP contribution in [0.4, 0.5) is 0 Å². The third-order valence-corrected chi connectivity index (χ3v) is 10.7. The molecule has 0 radical (unpaired) electrons. The van der Waals surface area contributed by atoms with E-state index in [1.54, 1.807) is 0 Å². The number of aryl methyl sites for hydroxylation is 1. The molecule has 1 aliphatic heterocycles. The van der Waals surface area contributed by atoms with E-state index in [2.05, 4.69) is 98.6 Å². The van der Waals surface area contributed by atoms with Gasteiger partial charge in [-0.3, -0.25) is 9.36 Å². The molecule has 1 atom stereocenters. The Labute approximate surface area is 280 Å². The number of thiazole rings is 1. The Balaban J connectivity index is 1.18. The summed E-state index contributed by atoms with van der Waals surface area (Å²) in [5.41, 5.74) is 7.78. The lowest BCUT2D eigenvalue weighted by Gasteiger charge is -2.30. The van der Waals surface area contributed by atoms with E-state index in [9.17, 15) is 4.79 Å². The number of rotatable bonds is 5. The molecule has 1 aromatic heterocycles. The molecule has 45 heavy (non-hydrogen) atoms. The van der Waals surface area contributed by atoms with E-state index in [0.717, 1.165) is 54.7 Å². The molecule has 2 heterocycles. The topological polar surface area (TPSA) is 43.6 Å². The van der Waals surface area contributed by atoms with Crippen LogP contribution < -0.4 is 19.6 Å². The molecule has 1 unspecified atom stereocenters. The summed E-state index contributed by atoms with van der Waals surface area (Å²) >= 11 is 8.90. The zero-order valence-electron chi connectivity index (χ0n) is 24.0. The maximum Gasteiger partial charge on any atom is 0.271 e. The molecule has 0 spiro atoms. The number of nitrogens with zero attached hydrogens (tertiary/aromatic N) is 2. The molecule has 0 saturated heterocycles. The second-order valence-electron chi connectivity index (χ2n) is 11.3. The van der Waals surface area contributed by atoms with Crippen molar-refractivity contribution in [2.24, 2.45) is 4.99 Å². The van der Waals surface area contributed by atoms with E-state index in [1.165, 1.54) is 38.8 Å². The van der Waals surface area contributed by atoms with Gasteiger partial charge in [0, 0.05) is 5.56 Å². The highest BCUT2D eigenvalue weighted by atomic mass is 79.9. The van der Waals surface area contributed by atoms with Crippen molar-refractivity contribution in [1.29, 1.82) is 0 Å². The standard InChI is InChI=1S/C38H26Br2N2O2S/c39-31-19-23(20-32(40)36(31)44-22-27-14-8-13-24-9-4-6-15-28(24)27)21-33-37(43)42-35(26-11-2-1-3-12-26)30-18-17-25-10-5-7-16-29(25)34(30)41-38(42)45-33/h1-16,19-21,35H,17-18,22H2. The fourth-order valence-electron chi connectivity index (χ4n) is 6.48. The zero-order valence-corrected chi connectivity index (χ0v) is 28.0. The van der Waals surface area contributed by atoms with Crippen molar-refractivity contribution in [1.82, 2.24) is 4.57 Å². The Hall–Kier alpha value is -4.04. The summed E-state index contributed by atoms with van der Waals surface area (Å²) < 4.78 is 10.5. The summed E-state index contributed by atoms with van der Waals surface area (Å²) in [4.78, 5) is 20.0.